The standard InChI is InChI=1S/C29H27NO6/c1-5-36-29(34)19-11-13-21(14-12-19)30-25(20-7-6-8-22(16-20)35-4)24(27(32)28(30)33)26(31)23-15-17(2)9-10-18(23)3/h6-16,25,31H,5H2,1-4H3/b26-24+. The first-order valence-electron chi connectivity index (χ1n) is 11.6. The Bertz CT molecular complexity index is 1370. The molecule has 1 aliphatic rings. The van der Waals surface area contributed by atoms with Crippen molar-refractivity contribution in [1.82, 2.24) is 0 Å². The van der Waals surface area contributed by atoms with Gasteiger partial charge in [0, 0.05) is 11.3 Å². The molecule has 4 rings (SSSR count). The molecule has 7 heteroatoms. The molecule has 1 fully saturated rings. The summed E-state index contributed by atoms with van der Waals surface area (Å²) in [5.74, 6) is -1.75. The number of methoxy groups -OCH3 is 1. The van der Waals surface area contributed by atoms with E-state index in [0.29, 0.717) is 28.1 Å². The minimum Gasteiger partial charge on any atom is -0.507 e. The molecule has 1 heterocycles. The van der Waals surface area contributed by atoms with Crippen LogP contribution in [0, 0.1) is 13.8 Å². The summed E-state index contributed by atoms with van der Waals surface area (Å²) in [5.41, 5.74) is 3.46. The lowest BCUT2D eigenvalue weighted by molar-refractivity contribution is -0.132. The van der Waals surface area contributed by atoms with E-state index in [1.54, 1.807) is 61.5 Å². The van der Waals surface area contributed by atoms with Gasteiger partial charge in [-0.1, -0.05) is 29.8 Å². The van der Waals surface area contributed by atoms with Crippen molar-refractivity contribution in [3.05, 3.63) is 100 Å². The Morgan fingerprint density at radius 1 is 1.00 bits per heavy atom. The summed E-state index contributed by atoms with van der Waals surface area (Å²) in [6.07, 6.45) is 0. The Hall–Kier alpha value is -4.39. The lowest BCUT2D eigenvalue weighted by Gasteiger charge is -2.26. The number of ketones is 1. The van der Waals surface area contributed by atoms with Gasteiger partial charge in [-0.2, -0.15) is 0 Å². The molecular weight excluding hydrogens is 458 g/mol. The maximum Gasteiger partial charge on any atom is 0.338 e. The van der Waals surface area contributed by atoms with Crippen LogP contribution in [0.5, 0.6) is 5.75 Å². The number of benzene rings is 3. The third-order valence-corrected chi connectivity index (χ3v) is 6.16. The number of aryl methyl sites for hydroxylation is 2. The number of amides is 1. The van der Waals surface area contributed by atoms with Gasteiger partial charge in [-0.3, -0.25) is 14.5 Å². The van der Waals surface area contributed by atoms with Crippen LogP contribution in [0.1, 0.15) is 45.6 Å². The van der Waals surface area contributed by atoms with Gasteiger partial charge in [-0.05, 0) is 74.4 Å². The number of hydrogen-bond acceptors (Lipinski definition) is 6. The van der Waals surface area contributed by atoms with Crippen LogP contribution in [0.25, 0.3) is 5.76 Å². The van der Waals surface area contributed by atoms with Crippen LogP contribution in [-0.4, -0.2) is 36.5 Å². The molecule has 7 nitrogen and oxygen atoms in total. The number of anilines is 1. The SMILES string of the molecule is CCOC(=O)c1ccc(N2C(=O)C(=O)/C(=C(/O)c3cc(C)ccc3C)C2c2cccc(OC)c2)cc1. The minimum atomic E-state index is -0.909. The first-order chi connectivity index (χ1) is 17.3. The number of carbonyl (C=O) groups excluding carboxylic acids is 3. The molecular formula is C29H27NO6. The average molecular weight is 486 g/mol. The zero-order chi connectivity index (χ0) is 26.0. The van der Waals surface area contributed by atoms with Gasteiger partial charge in [-0.25, -0.2) is 4.79 Å². The number of nitrogens with zero attached hydrogens (tertiary/aromatic N) is 1. The van der Waals surface area contributed by atoms with E-state index in [1.165, 1.54) is 12.0 Å². The van der Waals surface area contributed by atoms with Crippen LogP contribution < -0.4 is 9.64 Å². The fraction of sp³-hybridized carbons (Fsp3) is 0.207. The molecule has 1 unspecified atom stereocenters. The van der Waals surface area contributed by atoms with Gasteiger partial charge in [0.2, 0.25) is 0 Å². The predicted octanol–water partition coefficient (Wildman–Crippen LogP) is 5.12. The predicted molar refractivity (Wildman–Crippen MR) is 136 cm³/mol. The largest absolute Gasteiger partial charge is 0.507 e. The van der Waals surface area contributed by atoms with E-state index in [4.69, 9.17) is 9.47 Å². The number of aliphatic hydroxyl groups is 1. The number of hydrogen-bond donors (Lipinski definition) is 1. The summed E-state index contributed by atoms with van der Waals surface area (Å²) >= 11 is 0. The van der Waals surface area contributed by atoms with E-state index in [1.807, 2.05) is 26.0 Å². The van der Waals surface area contributed by atoms with E-state index in [9.17, 15) is 19.5 Å². The van der Waals surface area contributed by atoms with E-state index < -0.39 is 23.7 Å². The number of Topliss-reactive ketones (excluding diaryl/α,β-unsaturated/α-hetero) is 1. The molecule has 36 heavy (non-hydrogen) atoms. The van der Waals surface area contributed by atoms with E-state index in [2.05, 4.69) is 0 Å². The summed E-state index contributed by atoms with van der Waals surface area (Å²) in [4.78, 5) is 40.2. The molecule has 0 bridgehead atoms. The van der Waals surface area contributed by atoms with Crippen LogP contribution in [0.4, 0.5) is 5.69 Å². The molecule has 3 aromatic rings. The van der Waals surface area contributed by atoms with Gasteiger partial charge in [0.25, 0.3) is 11.7 Å². The monoisotopic (exact) mass is 485 g/mol. The minimum absolute atomic E-state index is 0.0172. The van der Waals surface area contributed by atoms with E-state index in [0.717, 1.165) is 11.1 Å². The number of aliphatic hydroxyl groups excluding tert-OH is 1. The van der Waals surface area contributed by atoms with Crippen molar-refractivity contribution in [1.29, 1.82) is 0 Å². The molecule has 0 aromatic heterocycles. The quantitative estimate of drug-likeness (QED) is 0.226. The van der Waals surface area contributed by atoms with Crippen molar-refractivity contribution in [2.24, 2.45) is 0 Å². The lowest BCUT2D eigenvalue weighted by Crippen LogP contribution is -2.29. The summed E-state index contributed by atoms with van der Waals surface area (Å²) in [6, 6.07) is 17.9. The molecule has 1 atom stereocenters. The second-order valence-corrected chi connectivity index (χ2v) is 8.53. The molecule has 0 aliphatic carbocycles. The number of esters is 1. The zero-order valence-electron chi connectivity index (χ0n) is 20.6. The molecule has 1 N–H and O–H groups in total. The van der Waals surface area contributed by atoms with Gasteiger partial charge in [0.15, 0.2) is 0 Å². The average Bonchev–Trinajstić information content (AvgIpc) is 3.15. The Labute approximate surface area is 209 Å². The molecule has 0 radical (unpaired) electrons. The van der Waals surface area contributed by atoms with Crippen molar-refractivity contribution in [3.8, 4) is 5.75 Å². The Kier molecular flexibility index (Phi) is 6.92. The van der Waals surface area contributed by atoms with Gasteiger partial charge in [0.1, 0.15) is 11.5 Å². The molecule has 1 aliphatic heterocycles. The molecule has 1 amide bonds. The molecule has 0 saturated carbocycles. The summed E-state index contributed by atoms with van der Waals surface area (Å²) in [6.45, 7) is 5.68. The lowest BCUT2D eigenvalue weighted by atomic mass is 9.93. The smallest absolute Gasteiger partial charge is 0.338 e. The summed E-state index contributed by atoms with van der Waals surface area (Å²) in [5, 5.41) is 11.4. The summed E-state index contributed by atoms with van der Waals surface area (Å²) < 4.78 is 10.4. The molecule has 184 valence electrons. The van der Waals surface area contributed by atoms with Gasteiger partial charge in [0.05, 0.1) is 30.9 Å². The fourth-order valence-electron chi connectivity index (χ4n) is 4.33. The third kappa shape index (κ3) is 4.47. The van der Waals surface area contributed by atoms with E-state index in [-0.39, 0.29) is 17.9 Å². The van der Waals surface area contributed by atoms with Crippen molar-refractivity contribution >= 4 is 29.1 Å². The number of ether oxygens (including phenoxy) is 2. The molecule has 1 saturated heterocycles. The fourth-order valence-corrected chi connectivity index (χ4v) is 4.33. The third-order valence-electron chi connectivity index (χ3n) is 6.16. The van der Waals surface area contributed by atoms with Gasteiger partial charge in [-0.15, -0.1) is 0 Å². The second kappa shape index (κ2) is 10.1. The summed E-state index contributed by atoms with van der Waals surface area (Å²) in [7, 11) is 1.53. The van der Waals surface area contributed by atoms with Crippen molar-refractivity contribution in [3.63, 3.8) is 0 Å². The first kappa shape index (κ1) is 24.7. The highest BCUT2D eigenvalue weighted by Crippen LogP contribution is 2.43. The van der Waals surface area contributed by atoms with Crippen LogP contribution in [0.15, 0.2) is 72.3 Å². The highest BCUT2D eigenvalue weighted by atomic mass is 16.5. The van der Waals surface area contributed by atoms with Crippen molar-refractivity contribution < 1.29 is 29.0 Å². The first-order valence-corrected chi connectivity index (χ1v) is 11.6. The van der Waals surface area contributed by atoms with Gasteiger partial charge < -0.3 is 14.6 Å². The normalized spacial score (nSPS) is 16.8. The topological polar surface area (TPSA) is 93.1 Å². The Morgan fingerprint density at radius 2 is 1.72 bits per heavy atom. The van der Waals surface area contributed by atoms with Crippen LogP contribution >= 0.6 is 0 Å². The van der Waals surface area contributed by atoms with Gasteiger partial charge >= 0.3 is 5.97 Å². The zero-order valence-corrected chi connectivity index (χ0v) is 20.6. The second-order valence-electron chi connectivity index (χ2n) is 8.53. The molecule has 0 spiro atoms. The van der Waals surface area contributed by atoms with Crippen molar-refractivity contribution in [2.45, 2.75) is 26.8 Å². The van der Waals surface area contributed by atoms with Crippen LogP contribution in [0.2, 0.25) is 0 Å². The maximum absolute atomic E-state index is 13.4. The Morgan fingerprint density at radius 3 is 2.39 bits per heavy atom. The molecule has 3 aromatic carbocycles. The maximum atomic E-state index is 13.4. The van der Waals surface area contributed by atoms with Crippen molar-refractivity contribution in [2.75, 3.05) is 18.6 Å². The van der Waals surface area contributed by atoms with E-state index >= 15 is 0 Å². The number of rotatable bonds is 6. The van der Waals surface area contributed by atoms with Crippen LogP contribution in [0.3, 0.4) is 0 Å². The Balaban J connectivity index is 1.91. The highest BCUT2D eigenvalue weighted by molar-refractivity contribution is 6.51. The highest BCUT2D eigenvalue weighted by Gasteiger charge is 2.47. The number of carbonyl (C=O) groups is 3. The van der Waals surface area contributed by atoms with Crippen LogP contribution in [-0.2, 0) is 14.3 Å².